The smallest absolute Gasteiger partial charge is 0.152 e. The zero-order valence-electron chi connectivity index (χ0n) is 9.29. The first-order valence-corrected chi connectivity index (χ1v) is 7.12. The third kappa shape index (κ3) is 2.28. The Labute approximate surface area is 87.0 Å². The van der Waals surface area contributed by atoms with Crippen molar-refractivity contribution in [3.8, 4) is 0 Å². The average Bonchev–Trinajstić information content (AvgIpc) is 2.39. The molecule has 1 heterocycles. The third-order valence-corrected chi connectivity index (χ3v) is 5.57. The van der Waals surface area contributed by atoms with Gasteiger partial charge in [-0.05, 0) is 18.3 Å². The van der Waals surface area contributed by atoms with Crippen molar-refractivity contribution in [2.24, 2.45) is 17.6 Å². The molecule has 2 N–H and O–H groups in total. The Kier molecular flexibility index (Phi) is 3.26. The lowest BCUT2D eigenvalue weighted by molar-refractivity contribution is 0.234. The van der Waals surface area contributed by atoms with E-state index in [-0.39, 0.29) is 17.4 Å². The SMILES string of the molecule is CCC(C)C(C)C1(N)CCS(=O)(=O)C1. The molecule has 0 saturated carbocycles. The van der Waals surface area contributed by atoms with Crippen LogP contribution in [-0.2, 0) is 9.84 Å². The second-order valence-electron chi connectivity index (χ2n) is 4.75. The van der Waals surface area contributed by atoms with Crippen LogP contribution in [0.2, 0.25) is 0 Å². The van der Waals surface area contributed by atoms with Crippen molar-refractivity contribution in [2.45, 2.75) is 39.2 Å². The lowest BCUT2D eigenvalue weighted by atomic mass is 9.77. The first-order chi connectivity index (χ1) is 6.31. The molecule has 0 spiro atoms. The third-order valence-electron chi connectivity index (χ3n) is 3.77. The summed E-state index contributed by atoms with van der Waals surface area (Å²) in [6.07, 6.45) is 1.68. The van der Waals surface area contributed by atoms with E-state index < -0.39 is 15.4 Å². The summed E-state index contributed by atoms with van der Waals surface area (Å²) in [6, 6.07) is 0. The van der Waals surface area contributed by atoms with E-state index in [1.807, 2.05) is 0 Å². The molecule has 4 heteroatoms. The first-order valence-electron chi connectivity index (χ1n) is 5.30. The molecule has 1 rings (SSSR count). The molecule has 3 atom stereocenters. The summed E-state index contributed by atoms with van der Waals surface area (Å²) in [4.78, 5) is 0. The van der Waals surface area contributed by atoms with Gasteiger partial charge in [0.1, 0.15) is 0 Å². The fourth-order valence-corrected chi connectivity index (χ4v) is 4.24. The second-order valence-corrected chi connectivity index (χ2v) is 6.93. The van der Waals surface area contributed by atoms with E-state index in [4.69, 9.17) is 5.73 Å². The summed E-state index contributed by atoms with van der Waals surface area (Å²) in [5.74, 6) is 1.22. The van der Waals surface area contributed by atoms with Crippen LogP contribution in [0.1, 0.15) is 33.6 Å². The van der Waals surface area contributed by atoms with Gasteiger partial charge in [-0.2, -0.15) is 0 Å². The quantitative estimate of drug-likeness (QED) is 0.775. The highest BCUT2D eigenvalue weighted by atomic mass is 32.2. The van der Waals surface area contributed by atoms with Crippen molar-refractivity contribution in [3.63, 3.8) is 0 Å². The number of nitrogens with two attached hydrogens (primary N) is 1. The summed E-state index contributed by atoms with van der Waals surface area (Å²) in [5.41, 5.74) is 5.70. The van der Waals surface area contributed by atoms with Crippen molar-refractivity contribution in [3.05, 3.63) is 0 Å². The maximum atomic E-state index is 11.4. The van der Waals surface area contributed by atoms with E-state index in [2.05, 4.69) is 20.8 Å². The molecule has 0 radical (unpaired) electrons. The maximum absolute atomic E-state index is 11.4. The van der Waals surface area contributed by atoms with Gasteiger partial charge in [-0.25, -0.2) is 8.42 Å². The first kappa shape index (κ1) is 12.0. The largest absolute Gasteiger partial charge is 0.324 e. The molecule has 1 saturated heterocycles. The molecule has 14 heavy (non-hydrogen) atoms. The highest BCUT2D eigenvalue weighted by Crippen LogP contribution is 2.33. The average molecular weight is 219 g/mol. The molecule has 1 aliphatic heterocycles. The lowest BCUT2D eigenvalue weighted by Crippen LogP contribution is -2.49. The molecule has 1 aliphatic rings. The van der Waals surface area contributed by atoms with E-state index in [1.165, 1.54) is 0 Å². The molecule has 3 unspecified atom stereocenters. The summed E-state index contributed by atoms with van der Waals surface area (Å²) in [6.45, 7) is 6.34. The molecule has 0 bridgehead atoms. The van der Waals surface area contributed by atoms with Crippen molar-refractivity contribution in [1.29, 1.82) is 0 Å². The monoisotopic (exact) mass is 219 g/mol. The van der Waals surface area contributed by atoms with Crippen LogP contribution in [0.25, 0.3) is 0 Å². The fourth-order valence-electron chi connectivity index (χ4n) is 2.18. The molecule has 0 aromatic carbocycles. The highest BCUT2D eigenvalue weighted by molar-refractivity contribution is 7.91. The number of hydrogen-bond acceptors (Lipinski definition) is 3. The molecule has 1 fully saturated rings. The highest BCUT2D eigenvalue weighted by Gasteiger charge is 2.44. The predicted molar refractivity (Wildman–Crippen MR) is 58.8 cm³/mol. The zero-order chi connectivity index (χ0) is 11.0. The number of rotatable bonds is 3. The Morgan fingerprint density at radius 3 is 2.36 bits per heavy atom. The van der Waals surface area contributed by atoms with Crippen molar-refractivity contribution < 1.29 is 8.42 Å². The van der Waals surface area contributed by atoms with Gasteiger partial charge in [-0.3, -0.25) is 0 Å². The minimum Gasteiger partial charge on any atom is -0.324 e. The van der Waals surface area contributed by atoms with Gasteiger partial charge in [-0.1, -0.05) is 27.2 Å². The van der Waals surface area contributed by atoms with E-state index in [0.717, 1.165) is 6.42 Å². The standard InChI is InChI=1S/C10H21NO2S/c1-4-8(2)9(3)10(11)5-6-14(12,13)7-10/h8-9H,4-7,11H2,1-3H3. The van der Waals surface area contributed by atoms with Gasteiger partial charge in [0.25, 0.3) is 0 Å². The normalized spacial score (nSPS) is 35.4. The van der Waals surface area contributed by atoms with Gasteiger partial charge < -0.3 is 5.73 Å². The second kappa shape index (κ2) is 3.81. The van der Waals surface area contributed by atoms with Crippen LogP contribution in [0.15, 0.2) is 0 Å². The topological polar surface area (TPSA) is 60.2 Å². The van der Waals surface area contributed by atoms with Crippen LogP contribution in [0.4, 0.5) is 0 Å². The van der Waals surface area contributed by atoms with Gasteiger partial charge in [0, 0.05) is 5.54 Å². The molecule has 0 amide bonds. The van der Waals surface area contributed by atoms with Crippen molar-refractivity contribution in [2.75, 3.05) is 11.5 Å². The minimum absolute atomic E-state index is 0.172. The van der Waals surface area contributed by atoms with E-state index in [9.17, 15) is 8.42 Å². The summed E-state index contributed by atoms with van der Waals surface area (Å²) in [7, 11) is -2.87. The van der Waals surface area contributed by atoms with Crippen molar-refractivity contribution >= 4 is 9.84 Å². The molecule has 0 aliphatic carbocycles. The number of hydrogen-bond donors (Lipinski definition) is 1. The van der Waals surface area contributed by atoms with Gasteiger partial charge in [0.05, 0.1) is 11.5 Å². The summed E-state index contributed by atoms with van der Waals surface area (Å²) in [5, 5.41) is 0. The molecule has 0 aromatic heterocycles. The van der Waals surface area contributed by atoms with Crippen LogP contribution in [0.3, 0.4) is 0 Å². The zero-order valence-corrected chi connectivity index (χ0v) is 10.1. The molecule has 84 valence electrons. The predicted octanol–water partition coefficient (Wildman–Crippen LogP) is 1.18. The lowest BCUT2D eigenvalue weighted by Gasteiger charge is -2.34. The van der Waals surface area contributed by atoms with Crippen LogP contribution in [-0.4, -0.2) is 25.5 Å². The number of sulfone groups is 1. The van der Waals surface area contributed by atoms with E-state index in [0.29, 0.717) is 12.3 Å². The maximum Gasteiger partial charge on any atom is 0.152 e. The van der Waals surface area contributed by atoms with Gasteiger partial charge >= 0.3 is 0 Å². The van der Waals surface area contributed by atoms with Crippen LogP contribution in [0, 0.1) is 11.8 Å². The Balaban J connectivity index is 2.78. The van der Waals surface area contributed by atoms with Gasteiger partial charge in [-0.15, -0.1) is 0 Å². The fraction of sp³-hybridized carbons (Fsp3) is 1.00. The van der Waals surface area contributed by atoms with E-state index in [1.54, 1.807) is 0 Å². The van der Waals surface area contributed by atoms with Crippen LogP contribution < -0.4 is 5.73 Å². The molecular weight excluding hydrogens is 198 g/mol. The molecule has 0 aromatic rings. The van der Waals surface area contributed by atoms with Gasteiger partial charge in [0.2, 0.25) is 0 Å². The molecular formula is C10H21NO2S. The molecule has 3 nitrogen and oxygen atoms in total. The summed E-state index contributed by atoms with van der Waals surface area (Å²) >= 11 is 0. The minimum atomic E-state index is -2.87. The Morgan fingerprint density at radius 1 is 1.43 bits per heavy atom. The Bertz CT molecular complexity index is 299. The Hall–Kier alpha value is -0.0900. The summed E-state index contributed by atoms with van der Waals surface area (Å²) < 4.78 is 22.8. The van der Waals surface area contributed by atoms with Crippen LogP contribution >= 0.6 is 0 Å². The van der Waals surface area contributed by atoms with Crippen molar-refractivity contribution in [1.82, 2.24) is 0 Å². The van der Waals surface area contributed by atoms with E-state index >= 15 is 0 Å². The van der Waals surface area contributed by atoms with Gasteiger partial charge in [0.15, 0.2) is 9.84 Å². The van der Waals surface area contributed by atoms with Crippen LogP contribution in [0.5, 0.6) is 0 Å². The Morgan fingerprint density at radius 2 is 2.00 bits per heavy atom.